The summed E-state index contributed by atoms with van der Waals surface area (Å²) in [6.07, 6.45) is 0. The Morgan fingerprint density at radius 1 is 1.44 bits per heavy atom. The molecule has 1 aromatic heterocycles. The summed E-state index contributed by atoms with van der Waals surface area (Å²) in [5, 5.41) is 16.0. The molecule has 1 atom stereocenters. The molecular formula is C11H11FN4O2. The van der Waals surface area contributed by atoms with Gasteiger partial charge in [-0.25, -0.2) is 13.9 Å². The number of rotatable bonds is 3. The van der Waals surface area contributed by atoms with E-state index in [2.05, 4.69) is 10.3 Å². The molecule has 7 heteroatoms. The zero-order valence-corrected chi connectivity index (χ0v) is 9.54. The molecule has 94 valence electrons. The Kier molecular flexibility index (Phi) is 2.97. The quantitative estimate of drug-likeness (QED) is 0.856. The van der Waals surface area contributed by atoms with Gasteiger partial charge >= 0.3 is 5.97 Å². The van der Waals surface area contributed by atoms with Crippen LogP contribution in [0.1, 0.15) is 29.0 Å². The number of carboxylic acids is 1. The van der Waals surface area contributed by atoms with Gasteiger partial charge in [0, 0.05) is 0 Å². The lowest BCUT2D eigenvalue weighted by molar-refractivity contribution is 0.0691. The van der Waals surface area contributed by atoms with E-state index in [0.29, 0.717) is 0 Å². The van der Waals surface area contributed by atoms with Gasteiger partial charge in [0.25, 0.3) is 0 Å². The van der Waals surface area contributed by atoms with Crippen molar-refractivity contribution in [2.45, 2.75) is 13.0 Å². The van der Waals surface area contributed by atoms with E-state index in [0.717, 1.165) is 5.56 Å². The van der Waals surface area contributed by atoms with Gasteiger partial charge < -0.3 is 10.8 Å². The van der Waals surface area contributed by atoms with Gasteiger partial charge in [0.1, 0.15) is 5.82 Å². The van der Waals surface area contributed by atoms with Crippen LogP contribution in [0.4, 0.5) is 10.2 Å². The molecule has 0 unspecified atom stereocenters. The molecule has 3 N–H and O–H groups in total. The van der Waals surface area contributed by atoms with E-state index in [-0.39, 0.29) is 23.4 Å². The van der Waals surface area contributed by atoms with Crippen molar-refractivity contribution >= 4 is 11.8 Å². The predicted octanol–water partition coefficient (Wildman–Crippen LogP) is 1.31. The molecule has 2 aromatic rings. The number of aromatic nitrogens is 3. The summed E-state index contributed by atoms with van der Waals surface area (Å²) in [7, 11) is 0. The third-order valence-electron chi connectivity index (χ3n) is 2.65. The maximum absolute atomic E-state index is 12.8. The highest BCUT2D eigenvalue weighted by atomic mass is 19.1. The standard InChI is InChI=1S/C11H11FN4O2/c1-6(7-2-4-8(12)5-3-7)16-10(13)9(11(17)18)14-15-16/h2-6H,13H2,1H3,(H,17,18)/t6-/m0/s1. The first-order valence-corrected chi connectivity index (χ1v) is 5.20. The lowest BCUT2D eigenvalue weighted by Gasteiger charge is -2.13. The van der Waals surface area contributed by atoms with Gasteiger partial charge in [-0.15, -0.1) is 5.10 Å². The molecule has 0 amide bonds. The van der Waals surface area contributed by atoms with E-state index >= 15 is 0 Å². The van der Waals surface area contributed by atoms with E-state index in [1.165, 1.54) is 16.8 Å². The first-order valence-electron chi connectivity index (χ1n) is 5.20. The predicted molar refractivity (Wildman–Crippen MR) is 61.6 cm³/mol. The van der Waals surface area contributed by atoms with Crippen LogP contribution in [0.25, 0.3) is 0 Å². The number of carbonyl (C=O) groups is 1. The largest absolute Gasteiger partial charge is 0.476 e. The Bertz CT molecular complexity index is 579. The maximum atomic E-state index is 12.8. The first-order chi connectivity index (χ1) is 8.50. The maximum Gasteiger partial charge on any atom is 0.360 e. The third kappa shape index (κ3) is 2.02. The Morgan fingerprint density at radius 2 is 2.06 bits per heavy atom. The molecule has 6 nitrogen and oxygen atoms in total. The van der Waals surface area contributed by atoms with Crippen molar-refractivity contribution in [3.8, 4) is 0 Å². The van der Waals surface area contributed by atoms with Crippen molar-refractivity contribution in [3.63, 3.8) is 0 Å². The Balaban J connectivity index is 2.37. The Morgan fingerprint density at radius 3 is 2.56 bits per heavy atom. The summed E-state index contributed by atoms with van der Waals surface area (Å²) in [4.78, 5) is 10.8. The van der Waals surface area contributed by atoms with Crippen molar-refractivity contribution in [1.82, 2.24) is 15.0 Å². The smallest absolute Gasteiger partial charge is 0.360 e. The minimum atomic E-state index is -1.23. The van der Waals surface area contributed by atoms with Gasteiger partial charge in [-0.05, 0) is 24.6 Å². The van der Waals surface area contributed by atoms with Crippen LogP contribution in [-0.2, 0) is 0 Å². The van der Waals surface area contributed by atoms with Gasteiger partial charge in [-0.1, -0.05) is 17.3 Å². The van der Waals surface area contributed by atoms with Gasteiger partial charge in [0.15, 0.2) is 5.82 Å². The fourth-order valence-corrected chi connectivity index (χ4v) is 1.62. The van der Waals surface area contributed by atoms with Crippen LogP contribution in [0.15, 0.2) is 24.3 Å². The molecule has 0 spiro atoms. The Hall–Kier alpha value is -2.44. The SMILES string of the molecule is C[C@@H](c1ccc(F)cc1)n1nnc(C(=O)O)c1N. The molecule has 1 aromatic carbocycles. The summed E-state index contributed by atoms with van der Waals surface area (Å²) >= 11 is 0. The van der Waals surface area contributed by atoms with Crippen molar-refractivity contribution in [3.05, 3.63) is 41.3 Å². The molecule has 0 bridgehead atoms. The van der Waals surface area contributed by atoms with E-state index in [1.807, 2.05) is 0 Å². The number of nitrogens with zero attached hydrogens (tertiary/aromatic N) is 3. The molecule has 0 fully saturated rings. The summed E-state index contributed by atoms with van der Waals surface area (Å²) in [6.45, 7) is 1.77. The monoisotopic (exact) mass is 250 g/mol. The van der Waals surface area contributed by atoms with Crippen LogP contribution in [-0.4, -0.2) is 26.1 Å². The number of halogens is 1. The van der Waals surface area contributed by atoms with Crippen molar-refractivity contribution in [2.24, 2.45) is 0 Å². The van der Waals surface area contributed by atoms with Crippen LogP contribution in [0.2, 0.25) is 0 Å². The summed E-state index contributed by atoms with van der Waals surface area (Å²) < 4.78 is 14.1. The number of benzene rings is 1. The van der Waals surface area contributed by atoms with Crippen molar-refractivity contribution in [1.29, 1.82) is 0 Å². The molecular weight excluding hydrogens is 239 g/mol. The second-order valence-electron chi connectivity index (χ2n) is 3.80. The molecule has 0 aliphatic rings. The molecule has 1 heterocycles. The van der Waals surface area contributed by atoms with Crippen LogP contribution in [0.3, 0.4) is 0 Å². The number of hydrogen-bond acceptors (Lipinski definition) is 4. The molecule has 0 aliphatic carbocycles. The first kappa shape index (κ1) is 12.0. The summed E-state index contributed by atoms with van der Waals surface area (Å²) in [6, 6.07) is 5.48. The molecule has 0 saturated heterocycles. The minimum Gasteiger partial charge on any atom is -0.476 e. The van der Waals surface area contributed by atoms with Crippen LogP contribution in [0.5, 0.6) is 0 Å². The topological polar surface area (TPSA) is 94.0 Å². The van der Waals surface area contributed by atoms with Crippen LogP contribution >= 0.6 is 0 Å². The highest BCUT2D eigenvalue weighted by Crippen LogP contribution is 2.21. The number of carboxylic acid groups (broad SMARTS) is 1. The molecule has 0 radical (unpaired) electrons. The highest BCUT2D eigenvalue weighted by Gasteiger charge is 2.20. The highest BCUT2D eigenvalue weighted by molar-refractivity contribution is 5.90. The molecule has 2 rings (SSSR count). The van der Waals surface area contributed by atoms with E-state index < -0.39 is 5.97 Å². The second kappa shape index (κ2) is 4.44. The number of anilines is 1. The average Bonchev–Trinajstić information content (AvgIpc) is 2.71. The van der Waals surface area contributed by atoms with Gasteiger partial charge in [0.2, 0.25) is 5.69 Å². The summed E-state index contributed by atoms with van der Waals surface area (Å²) in [5.74, 6) is -1.60. The van der Waals surface area contributed by atoms with Crippen LogP contribution < -0.4 is 5.73 Å². The van der Waals surface area contributed by atoms with Gasteiger partial charge in [-0.2, -0.15) is 0 Å². The Labute approximate surface area is 102 Å². The van der Waals surface area contributed by atoms with Crippen molar-refractivity contribution < 1.29 is 14.3 Å². The second-order valence-corrected chi connectivity index (χ2v) is 3.80. The lowest BCUT2D eigenvalue weighted by Crippen LogP contribution is -2.12. The number of aromatic carboxylic acids is 1. The van der Waals surface area contributed by atoms with Crippen LogP contribution in [0, 0.1) is 5.82 Å². The minimum absolute atomic E-state index is 0.0284. The van der Waals surface area contributed by atoms with E-state index in [1.54, 1.807) is 19.1 Å². The average molecular weight is 250 g/mol. The normalized spacial score (nSPS) is 12.3. The zero-order chi connectivity index (χ0) is 13.3. The molecule has 0 saturated carbocycles. The number of nitrogen functional groups attached to an aromatic ring is 1. The van der Waals surface area contributed by atoms with E-state index in [4.69, 9.17) is 10.8 Å². The molecule has 18 heavy (non-hydrogen) atoms. The lowest BCUT2D eigenvalue weighted by atomic mass is 10.1. The van der Waals surface area contributed by atoms with Crippen molar-refractivity contribution in [2.75, 3.05) is 5.73 Å². The third-order valence-corrected chi connectivity index (χ3v) is 2.65. The molecule has 0 aliphatic heterocycles. The summed E-state index contributed by atoms with van der Waals surface area (Å²) in [5.41, 5.74) is 6.12. The van der Waals surface area contributed by atoms with Gasteiger partial charge in [0.05, 0.1) is 6.04 Å². The fourth-order valence-electron chi connectivity index (χ4n) is 1.62. The number of nitrogens with two attached hydrogens (primary N) is 1. The zero-order valence-electron chi connectivity index (χ0n) is 9.54. The number of hydrogen-bond donors (Lipinski definition) is 2. The van der Waals surface area contributed by atoms with Gasteiger partial charge in [-0.3, -0.25) is 0 Å². The van der Waals surface area contributed by atoms with E-state index in [9.17, 15) is 9.18 Å². The fraction of sp³-hybridized carbons (Fsp3) is 0.182.